The third-order valence-electron chi connectivity index (χ3n) is 10.9. The van der Waals surface area contributed by atoms with Gasteiger partial charge in [-0.25, -0.2) is 8.42 Å². The van der Waals surface area contributed by atoms with E-state index in [0.717, 1.165) is 49.1 Å². The average Bonchev–Trinajstić information content (AvgIpc) is 3.80. The molecule has 1 aromatic heterocycles. The summed E-state index contributed by atoms with van der Waals surface area (Å²) in [4.78, 5) is 13.5. The summed E-state index contributed by atoms with van der Waals surface area (Å²) in [5.74, 6) is 1.25. The van der Waals surface area contributed by atoms with Crippen LogP contribution in [0.5, 0.6) is 17.2 Å². The third-order valence-corrected chi connectivity index (χ3v) is 12.3. The lowest BCUT2D eigenvalue weighted by Crippen LogP contribution is -2.26. The van der Waals surface area contributed by atoms with Crippen molar-refractivity contribution in [1.29, 1.82) is 0 Å². The number of anilines is 1. The van der Waals surface area contributed by atoms with Crippen LogP contribution in [0, 0.1) is 0 Å². The number of amides is 1. The summed E-state index contributed by atoms with van der Waals surface area (Å²) in [5.41, 5.74) is 4.62. The molecule has 1 amide bonds. The van der Waals surface area contributed by atoms with E-state index in [1.54, 1.807) is 36.4 Å². The Kier molecular flexibility index (Phi) is 11.3. The number of nitrogens with one attached hydrogen (secondary N) is 2. The van der Waals surface area contributed by atoms with E-state index in [-0.39, 0.29) is 45.9 Å². The van der Waals surface area contributed by atoms with Gasteiger partial charge in [-0.3, -0.25) is 9.52 Å². The summed E-state index contributed by atoms with van der Waals surface area (Å²) in [5, 5.41) is 18.9. The number of rotatable bonds is 16. The highest BCUT2D eigenvalue weighted by Crippen LogP contribution is 2.39. The molecule has 0 saturated carbocycles. The number of sulfonamides is 1. The minimum atomic E-state index is -4.09. The maximum Gasteiger partial charge on any atom is 0.261 e. The second kappa shape index (κ2) is 15.8. The largest absolute Gasteiger partial charge is 0.506 e. The number of phenols is 1. The molecule has 3 N–H and O–H groups in total. The maximum absolute atomic E-state index is 13.6. The first-order chi connectivity index (χ1) is 25.7. The Hall–Kier alpha value is -5.03. The van der Waals surface area contributed by atoms with E-state index in [1.165, 1.54) is 29.3 Å². The first-order valence-electron chi connectivity index (χ1n) is 18.8. The van der Waals surface area contributed by atoms with Gasteiger partial charge >= 0.3 is 0 Å². The van der Waals surface area contributed by atoms with Crippen LogP contribution in [0.25, 0.3) is 10.8 Å². The van der Waals surface area contributed by atoms with E-state index in [1.807, 2.05) is 0 Å². The second-order valence-corrected chi connectivity index (χ2v) is 16.9. The highest BCUT2D eigenvalue weighted by molar-refractivity contribution is 7.92. The number of aromatic nitrogens is 1. The predicted molar refractivity (Wildman–Crippen MR) is 211 cm³/mol. The van der Waals surface area contributed by atoms with Gasteiger partial charge < -0.3 is 24.4 Å². The first kappa shape index (κ1) is 38.7. The molecule has 11 heteroatoms. The minimum absolute atomic E-state index is 0.00719. The Morgan fingerprint density at radius 2 is 1.63 bits per heavy atom. The molecule has 4 aromatic carbocycles. The highest BCUT2D eigenvalue weighted by atomic mass is 32.2. The number of phenolic OH excluding ortho intramolecular Hbond substituents is 1. The number of carbonyl (C=O) groups is 1. The molecule has 0 fully saturated rings. The van der Waals surface area contributed by atoms with Crippen molar-refractivity contribution in [1.82, 2.24) is 10.5 Å². The third kappa shape index (κ3) is 8.21. The van der Waals surface area contributed by atoms with Crippen LogP contribution in [-0.4, -0.2) is 37.7 Å². The van der Waals surface area contributed by atoms with E-state index < -0.39 is 15.9 Å². The van der Waals surface area contributed by atoms with Gasteiger partial charge in [0, 0.05) is 28.4 Å². The summed E-state index contributed by atoms with van der Waals surface area (Å²) in [6.45, 7) is 14.2. The Morgan fingerprint density at radius 1 is 0.907 bits per heavy atom. The number of hydrogen-bond acceptors (Lipinski definition) is 8. The van der Waals surface area contributed by atoms with E-state index >= 15 is 0 Å². The highest BCUT2D eigenvalue weighted by Gasteiger charge is 2.27. The van der Waals surface area contributed by atoms with Crippen LogP contribution in [-0.2, 0) is 40.3 Å². The van der Waals surface area contributed by atoms with E-state index in [9.17, 15) is 18.3 Å². The van der Waals surface area contributed by atoms with Gasteiger partial charge in [0.1, 0.15) is 23.9 Å². The van der Waals surface area contributed by atoms with E-state index in [2.05, 4.69) is 74.9 Å². The Bertz CT molecular complexity index is 2240. The normalized spacial score (nSPS) is 13.1. The zero-order valence-electron chi connectivity index (χ0n) is 32.0. The van der Waals surface area contributed by atoms with Crippen molar-refractivity contribution in [3.8, 4) is 17.2 Å². The number of aryl methyl sites for hydroxylation is 1. The van der Waals surface area contributed by atoms with Crippen LogP contribution >= 0.6 is 0 Å². The van der Waals surface area contributed by atoms with E-state index in [0.29, 0.717) is 35.3 Å². The van der Waals surface area contributed by atoms with Crippen LogP contribution in [0.4, 0.5) is 5.69 Å². The minimum Gasteiger partial charge on any atom is -0.506 e. The molecule has 0 bridgehead atoms. The van der Waals surface area contributed by atoms with Gasteiger partial charge in [-0.1, -0.05) is 83.1 Å². The van der Waals surface area contributed by atoms with Crippen molar-refractivity contribution in [2.45, 2.75) is 102 Å². The van der Waals surface area contributed by atoms with Gasteiger partial charge in [0.2, 0.25) is 0 Å². The molecule has 1 aliphatic carbocycles. The number of fused-ring (bicyclic) bond motifs is 2. The molecular weight excluding hydrogens is 703 g/mol. The van der Waals surface area contributed by atoms with Gasteiger partial charge in [-0.2, -0.15) is 0 Å². The predicted octanol–water partition coefficient (Wildman–Crippen LogP) is 8.98. The average molecular weight is 754 g/mol. The lowest BCUT2D eigenvalue weighted by molar-refractivity contribution is 0.0949. The molecule has 6 rings (SSSR count). The number of carbonyl (C=O) groups excluding carboxylic acids is 1. The fourth-order valence-electron chi connectivity index (χ4n) is 6.64. The molecule has 10 nitrogen and oxygen atoms in total. The zero-order chi connectivity index (χ0) is 38.7. The van der Waals surface area contributed by atoms with Crippen molar-refractivity contribution in [3.05, 3.63) is 107 Å². The summed E-state index contributed by atoms with van der Waals surface area (Å²) < 4.78 is 47.4. The van der Waals surface area contributed by atoms with Crippen LogP contribution in [0.2, 0.25) is 0 Å². The molecule has 0 atom stereocenters. The summed E-state index contributed by atoms with van der Waals surface area (Å²) >= 11 is 0. The van der Waals surface area contributed by atoms with Crippen LogP contribution in [0.3, 0.4) is 0 Å². The Labute approximate surface area is 318 Å². The van der Waals surface area contributed by atoms with Gasteiger partial charge in [-0.05, 0) is 91.3 Å². The quantitative estimate of drug-likeness (QED) is 0.0670. The lowest BCUT2D eigenvalue weighted by atomic mass is 9.76. The van der Waals surface area contributed by atoms with Crippen LogP contribution < -0.4 is 19.5 Å². The molecule has 0 spiro atoms. The molecule has 54 heavy (non-hydrogen) atoms. The number of aromatic hydroxyl groups is 1. The van der Waals surface area contributed by atoms with Crippen molar-refractivity contribution in [3.63, 3.8) is 0 Å². The molecule has 286 valence electrons. The fourth-order valence-corrected chi connectivity index (χ4v) is 7.72. The molecule has 0 unspecified atom stereocenters. The smallest absolute Gasteiger partial charge is 0.261 e. The zero-order valence-corrected chi connectivity index (χ0v) is 32.9. The fraction of sp³-hybridized carbons (Fsp3) is 0.395. The molecule has 1 heterocycles. The topological polar surface area (TPSA) is 140 Å². The van der Waals surface area contributed by atoms with Crippen molar-refractivity contribution in [2.24, 2.45) is 0 Å². The van der Waals surface area contributed by atoms with Crippen molar-refractivity contribution >= 4 is 32.4 Å². The SMILES string of the molecule is CCC(C)(C)c1ccc(OCCCNC(=O)c2cc(NS(=O)(=O)c3ccc(OCc4onc5c4CCC5)cc3)c3ccccc3c2O)c(C(C)(C)CC)c1. The monoisotopic (exact) mass is 753 g/mol. The van der Waals surface area contributed by atoms with Gasteiger partial charge in [0.05, 0.1) is 28.4 Å². The number of nitrogens with zero attached hydrogens (tertiary/aromatic N) is 1. The lowest BCUT2D eigenvalue weighted by Gasteiger charge is -2.30. The second-order valence-electron chi connectivity index (χ2n) is 15.3. The standard InChI is InChI=1S/C43H51N3O7S/c1-7-42(3,4)28-17-22-38(35(25-28)43(5,6)8-2)51-24-12-23-44-41(48)34-26-37(31-13-9-10-14-32(31)40(34)47)46-54(49,50)30-20-18-29(19-21-30)52-27-39-33-15-11-16-36(33)45-53-39/h9-10,13-14,17-22,25-26,46-47H,7-8,11-12,15-16,23-24,27H2,1-6H3,(H,44,48). The molecular formula is C43H51N3O7S. The van der Waals surface area contributed by atoms with Gasteiger partial charge in [0.25, 0.3) is 15.9 Å². The number of hydrogen-bond donors (Lipinski definition) is 3. The van der Waals surface area contributed by atoms with Crippen LogP contribution in [0.1, 0.15) is 106 Å². The Morgan fingerprint density at radius 3 is 2.35 bits per heavy atom. The Balaban J connectivity index is 1.11. The molecule has 0 radical (unpaired) electrons. The summed E-state index contributed by atoms with van der Waals surface area (Å²) in [7, 11) is -4.09. The summed E-state index contributed by atoms with van der Waals surface area (Å²) in [6, 6.07) is 20.7. The molecule has 0 aliphatic heterocycles. The summed E-state index contributed by atoms with van der Waals surface area (Å²) in [6.07, 6.45) is 5.37. The van der Waals surface area contributed by atoms with Gasteiger partial charge in [0.15, 0.2) is 5.76 Å². The van der Waals surface area contributed by atoms with Gasteiger partial charge in [-0.15, -0.1) is 0 Å². The maximum atomic E-state index is 13.6. The van der Waals surface area contributed by atoms with Crippen molar-refractivity contribution in [2.75, 3.05) is 17.9 Å². The molecule has 1 aliphatic rings. The molecule has 5 aromatic rings. The molecule has 0 saturated heterocycles. The van der Waals surface area contributed by atoms with Crippen LogP contribution in [0.15, 0.2) is 82.2 Å². The first-order valence-corrected chi connectivity index (χ1v) is 20.2. The number of ether oxygens (including phenoxy) is 2. The number of benzene rings is 4. The van der Waals surface area contributed by atoms with Crippen molar-refractivity contribution < 1.29 is 32.3 Å². The van der Waals surface area contributed by atoms with E-state index in [4.69, 9.17) is 14.0 Å².